The van der Waals surface area contributed by atoms with Crippen LogP contribution in [0.1, 0.15) is 6.92 Å². The summed E-state index contributed by atoms with van der Waals surface area (Å²) in [5.41, 5.74) is 0.681. The maximum absolute atomic E-state index is 11.8. The van der Waals surface area contributed by atoms with Crippen LogP contribution in [0.15, 0.2) is 47.1 Å². The van der Waals surface area contributed by atoms with Crippen LogP contribution in [0.25, 0.3) is 0 Å². The Morgan fingerprint density at radius 2 is 2.00 bits per heavy atom. The highest BCUT2D eigenvalue weighted by molar-refractivity contribution is 9.10. The number of ether oxygens (including phenoxy) is 1. The minimum absolute atomic E-state index is 0.347. The zero-order valence-electron chi connectivity index (χ0n) is 10.9. The number of rotatable bonds is 4. The number of hydrogen-bond acceptors (Lipinski definition) is 3. The van der Waals surface area contributed by atoms with Crippen molar-refractivity contribution in [1.29, 1.82) is 0 Å². The normalized spacial score (nSPS) is 9.90. The molecule has 104 valence electrons. The molecule has 0 spiro atoms. The quantitative estimate of drug-likeness (QED) is 0.890. The SMILES string of the molecule is CCOc1ccc(NC(=O)Nc2cc(Br)ccn2)cc1. The molecule has 0 radical (unpaired) electrons. The summed E-state index contributed by atoms with van der Waals surface area (Å²) in [4.78, 5) is 15.8. The van der Waals surface area contributed by atoms with Crippen LogP contribution >= 0.6 is 15.9 Å². The number of carbonyl (C=O) groups is 1. The fourth-order valence-electron chi connectivity index (χ4n) is 1.55. The predicted octanol–water partition coefficient (Wildman–Crippen LogP) is 3.89. The summed E-state index contributed by atoms with van der Waals surface area (Å²) in [7, 11) is 0. The number of aromatic nitrogens is 1. The second-order valence-corrected chi connectivity index (χ2v) is 4.81. The Bertz CT molecular complexity index is 587. The summed E-state index contributed by atoms with van der Waals surface area (Å²) >= 11 is 3.32. The van der Waals surface area contributed by atoms with Crippen molar-refractivity contribution in [3.05, 3.63) is 47.1 Å². The van der Waals surface area contributed by atoms with E-state index in [1.165, 1.54) is 0 Å². The second-order valence-electron chi connectivity index (χ2n) is 3.90. The number of carbonyl (C=O) groups excluding carboxylic acids is 1. The van der Waals surface area contributed by atoms with Gasteiger partial charge in [-0.25, -0.2) is 9.78 Å². The molecule has 2 rings (SSSR count). The highest BCUT2D eigenvalue weighted by Crippen LogP contribution is 2.16. The number of hydrogen-bond donors (Lipinski definition) is 2. The van der Waals surface area contributed by atoms with Gasteiger partial charge in [0.05, 0.1) is 6.61 Å². The molecular weight excluding hydrogens is 322 g/mol. The van der Waals surface area contributed by atoms with Crippen LogP contribution in [0.4, 0.5) is 16.3 Å². The zero-order valence-corrected chi connectivity index (χ0v) is 12.5. The molecule has 0 unspecified atom stereocenters. The van der Waals surface area contributed by atoms with Crippen molar-refractivity contribution in [2.24, 2.45) is 0 Å². The van der Waals surface area contributed by atoms with Crippen molar-refractivity contribution >= 4 is 33.5 Å². The Kier molecular flexibility index (Phi) is 4.95. The Morgan fingerprint density at radius 3 is 2.65 bits per heavy atom. The Hall–Kier alpha value is -2.08. The Balaban J connectivity index is 1.94. The Labute approximate surface area is 125 Å². The van der Waals surface area contributed by atoms with Crippen molar-refractivity contribution in [2.75, 3.05) is 17.2 Å². The number of urea groups is 1. The topological polar surface area (TPSA) is 63.2 Å². The molecule has 0 atom stereocenters. The first-order chi connectivity index (χ1) is 9.67. The standard InChI is InChI=1S/C14H14BrN3O2/c1-2-20-12-5-3-11(4-6-12)17-14(19)18-13-9-10(15)7-8-16-13/h3-9H,2H2,1H3,(H2,16,17,18,19). The predicted molar refractivity (Wildman–Crippen MR) is 82.2 cm³/mol. The smallest absolute Gasteiger partial charge is 0.324 e. The van der Waals surface area contributed by atoms with Crippen molar-refractivity contribution in [2.45, 2.75) is 6.92 Å². The lowest BCUT2D eigenvalue weighted by Crippen LogP contribution is -2.19. The molecule has 0 aliphatic carbocycles. The molecule has 0 aliphatic rings. The summed E-state index contributed by atoms with van der Waals surface area (Å²) in [6, 6.07) is 10.3. The van der Waals surface area contributed by atoms with E-state index in [-0.39, 0.29) is 6.03 Å². The summed E-state index contributed by atoms with van der Waals surface area (Å²) in [6.45, 7) is 2.53. The molecule has 5 nitrogen and oxygen atoms in total. The third-order valence-electron chi connectivity index (χ3n) is 2.39. The van der Waals surface area contributed by atoms with Gasteiger partial charge in [-0.3, -0.25) is 5.32 Å². The highest BCUT2D eigenvalue weighted by atomic mass is 79.9. The minimum atomic E-state index is -0.347. The van der Waals surface area contributed by atoms with Gasteiger partial charge >= 0.3 is 6.03 Å². The van der Waals surface area contributed by atoms with E-state index >= 15 is 0 Å². The van der Waals surface area contributed by atoms with Gasteiger partial charge in [-0.15, -0.1) is 0 Å². The van der Waals surface area contributed by atoms with Gasteiger partial charge in [-0.1, -0.05) is 15.9 Å². The van der Waals surface area contributed by atoms with Gasteiger partial charge < -0.3 is 10.1 Å². The molecule has 1 aromatic carbocycles. The van der Waals surface area contributed by atoms with Crippen molar-refractivity contribution in [3.63, 3.8) is 0 Å². The molecule has 0 saturated heterocycles. The van der Waals surface area contributed by atoms with Gasteiger partial charge in [-0.05, 0) is 43.3 Å². The first kappa shape index (κ1) is 14.3. The molecular formula is C14H14BrN3O2. The molecule has 2 N–H and O–H groups in total. The fourth-order valence-corrected chi connectivity index (χ4v) is 1.89. The first-order valence-electron chi connectivity index (χ1n) is 6.10. The number of pyridine rings is 1. The van der Waals surface area contributed by atoms with E-state index in [0.717, 1.165) is 10.2 Å². The molecule has 1 aromatic heterocycles. The van der Waals surface area contributed by atoms with Crippen LogP contribution in [-0.2, 0) is 0 Å². The monoisotopic (exact) mass is 335 g/mol. The van der Waals surface area contributed by atoms with Crippen LogP contribution in [0.3, 0.4) is 0 Å². The van der Waals surface area contributed by atoms with Crippen LogP contribution in [0.5, 0.6) is 5.75 Å². The summed E-state index contributed by atoms with van der Waals surface area (Å²) in [5, 5.41) is 5.37. The molecule has 1 heterocycles. The third-order valence-corrected chi connectivity index (χ3v) is 2.88. The molecule has 6 heteroatoms. The van der Waals surface area contributed by atoms with E-state index in [2.05, 4.69) is 31.5 Å². The third kappa shape index (κ3) is 4.24. The number of amides is 2. The van der Waals surface area contributed by atoms with Gasteiger partial charge in [0.15, 0.2) is 0 Å². The van der Waals surface area contributed by atoms with Gasteiger partial charge in [0.2, 0.25) is 0 Å². The number of benzene rings is 1. The molecule has 0 aliphatic heterocycles. The lowest BCUT2D eigenvalue weighted by atomic mass is 10.3. The van der Waals surface area contributed by atoms with Gasteiger partial charge in [0.1, 0.15) is 11.6 Å². The van der Waals surface area contributed by atoms with Crippen LogP contribution in [0.2, 0.25) is 0 Å². The molecule has 2 aromatic rings. The van der Waals surface area contributed by atoms with Crippen LogP contribution in [0, 0.1) is 0 Å². The van der Waals surface area contributed by atoms with E-state index in [4.69, 9.17) is 4.74 Å². The molecule has 0 fully saturated rings. The largest absolute Gasteiger partial charge is 0.494 e. The lowest BCUT2D eigenvalue weighted by Gasteiger charge is -2.08. The van der Waals surface area contributed by atoms with E-state index in [1.807, 2.05) is 6.92 Å². The fraction of sp³-hybridized carbons (Fsp3) is 0.143. The summed E-state index contributed by atoms with van der Waals surface area (Å²) in [5.74, 6) is 1.25. The van der Waals surface area contributed by atoms with Crippen molar-refractivity contribution < 1.29 is 9.53 Å². The van der Waals surface area contributed by atoms with Crippen LogP contribution in [-0.4, -0.2) is 17.6 Å². The van der Waals surface area contributed by atoms with Gasteiger partial charge in [0.25, 0.3) is 0 Å². The van der Waals surface area contributed by atoms with Crippen LogP contribution < -0.4 is 15.4 Å². The lowest BCUT2D eigenvalue weighted by molar-refractivity contribution is 0.262. The molecule has 20 heavy (non-hydrogen) atoms. The Morgan fingerprint density at radius 1 is 1.25 bits per heavy atom. The van der Waals surface area contributed by atoms with Gasteiger partial charge in [0, 0.05) is 16.4 Å². The highest BCUT2D eigenvalue weighted by Gasteiger charge is 2.04. The molecule has 2 amide bonds. The average Bonchev–Trinajstić information content (AvgIpc) is 2.41. The maximum atomic E-state index is 11.8. The average molecular weight is 336 g/mol. The molecule has 0 saturated carbocycles. The number of halogens is 1. The van der Waals surface area contributed by atoms with E-state index in [1.54, 1.807) is 42.6 Å². The van der Waals surface area contributed by atoms with E-state index < -0.39 is 0 Å². The second kappa shape index (κ2) is 6.91. The van der Waals surface area contributed by atoms with Gasteiger partial charge in [-0.2, -0.15) is 0 Å². The summed E-state index contributed by atoms with van der Waals surface area (Å²) in [6.07, 6.45) is 1.61. The number of nitrogens with one attached hydrogen (secondary N) is 2. The summed E-state index contributed by atoms with van der Waals surface area (Å²) < 4.78 is 6.18. The number of anilines is 2. The van der Waals surface area contributed by atoms with E-state index in [9.17, 15) is 4.79 Å². The maximum Gasteiger partial charge on any atom is 0.324 e. The molecule has 0 bridgehead atoms. The first-order valence-corrected chi connectivity index (χ1v) is 6.89. The minimum Gasteiger partial charge on any atom is -0.494 e. The van der Waals surface area contributed by atoms with E-state index in [0.29, 0.717) is 18.1 Å². The van der Waals surface area contributed by atoms with Crippen molar-refractivity contribution in [3.8, 4) is 5.75 Å². The zero-order chi connectivity index (χ0) is 14.4. The number of nitrogens with zero attached hydrogens (tertiary/aromatic N) is 1. The van der Waals surface area contributed by atoms with Crippen molar-refractivity contribution in [1.82, 2.24) is 4.98 Å².